The van der Waals surface area contributed by atoms with E-state index in [1.807, 2.05) is 6.92 Å². The average Bonchev–Trinajstić information content (AvgIpc) is 4.13. The number of nitrogens with one attached hydrogen (secondary N) is 2. The average molecular weight is 1010 g/mol. The van der Waals surface area contributed by atoms with Crippen LogP contribution in [0.1, 0.15) is 118 Å². The smallest absolute Gasteiger partial charge is 1.00 e. The van der Waals surface area contributed by atoms with Crippen molar-refractivity contribution >= 4 is 33.4 Å². The van der Waals surface area contributed by atoms with Crippen LogP contribution < -0.4 is 56.3 Å². The predicted molar refractivity (Wildman–Crippen MR) is 237 cm³/mol. The summed E-state index contributed by atoms with van der Waals surface area (Å²) in [6.45, 7) is 17.4. The van der Waals surface area contributed by atoms with E-state index in [-0.39, 0.29) is 76.6 Å². The number of rotatable bonds is 19. The Labute approximate surface area is 420 Å². The van der Waals surface area contributed by atoms with Crippen LogP contribution in [0, 0.1) is 35.5 Å². The van der Waals surface area contributed by atoms with E-state index in [1.54, 1.807) is 9.80 Å². The summed E-state index contributed by atoms with van der Waals surface area (Å²) in [6.07, 6.45) is 13.8. The van der Waals surface area contributed by atoms with Crippen LogP contribution in [0.3, 0.4) is 0 Å². The van der Waals surface area contributed by atoms with Crippen LogP contribution in [-0.4, -0.2) is 94.0 Å². The molecular weight excluding hydrogens is 934 g/mol. The van der Waals surface area contributed by atoms with Gasteiger partial charge in [0.2, 0.25) is 0 Å². The molecule has 65 heavy (non-hydrogen) atoms. The number of esters is 2. The fraction of sp³-hybridized carbons (Fsp3) is 0.714. The summed E-state index contributed by atoms with van der Waals surface area (Å²) in [5.74, 6) is 0.136. The van der Waals surface area contributed by atoms with E-state index in [9.17, 15) is 31.3 Å². The third-order valence-electron chi connectivity index (χ3n) is 14.0. The van der Waals surface area contributed by atoms with E-state index in [4.69, 9.17) is 14.2 Å². The second-order valence-electron chi connectivity index (χ2n) is 18.4. The van der Waals surface area contributed by atoms with Crippen LogP contribution in [-0.2, 0) is 38.7 Å². The van der Waals surface area contributed by atoms with Gasteiger partial charge < -0.3 is 50.3 Å². The Morgan fingerprint density at radius 2 is 1.02 bits per heavy atom. The molecule has 2 N–H and O–H groups in total. The van der Waals surface area contributed by atoms with Crippen molar-refractivity contribution in [1.29, 1.82) is 0 Å². The summed E-state index contributed by atoms with van der Waals surface area (Å²) >= 11 is 0. The van der Waals surface area contributed by atoms with Gasteiger partial charge in [-0.2, -0.15) is 8.78 Å². The Hall–Kier alpha value is -1.53. The summed E-state index contributed by atoms with van der Waals surface area (Å²) in [6, 6.07) is 21.8. The number of fused-ring (bicyclic) bond motifs is 2. The predicted octanol–water partition coefficient (Wildman–Crippen LogP) is 1.07. The molecule has 8 rings (SSSR count). The van der Waals surface area contributed by atoms with Crippen molar-refractivity contribution in [3.63, 3.8) is 0 Å². The zero-order valence-electron chi connectivity index (χ0n) is 39.7. The van der Waals surface area contributed by atoms with Gasteiger partial charge in [-0.1, -0.05) is 96.7 Å². The molecule has 0 aromatic heterocycles. The molecule has 10 atom stereocenters. The summed E-state index contributed by atoms with van der Waals surface area (Å²) in [7, 11) is -6.07. The van der Waals surface area contributed by atoms with Crippen LogP contribution in [0.5, 0.6) is 0 Å². The van der Waals surface area contributed by atoms with Crippen molar-refractivity contribution in [2.24, 2.45) is 35.5 Å². The number of benzene rings is 2. The third-order valence-corrected chi connectivity index (χ3v) is 14.8. The molecule has 11 nitrogen and oxygen atoms in total. The molecular formula is C49H75BrF2N2NaO9S+. The number of quaternary nitrogens is 2. The van der Waals surface area contributed by atoms with Crippen molar-refractivity contribution in [3.8, 4) is 0 Å². The number of alkyl halides is 2. The number of hydrogen-bond acceptors (Lipinski definition) is 9. The Balaban J connectivity index is 0.000000230. The van der Waals surface area contributed by atoms with Gasteiger partial charge in [-0.25, -0.2) is 13.2 Å². The summed E-state index contributed by atoms with van der Waals surface area (Å²) < 4.78 is 78.3. The van der Waals surface area contributed by atoms with E-state index < -0.39 is 33.5 Å². The molecule has 2 aromatic carbocycles. The van der Waals surface area contributed by atoms with Gasteiger partial charge in [0.1, 0.15) is 23.6 Å². The molecule has 2 aromatic rings. The first kappa shape index (κ1) is 57.8. The molecule has 2 aliphatic heterocycles. The van der Waals surface area contributed by atoms with Crippen LogP contribution >= 0.6 is 0 Å². The van der Waals surface area contributed by atoms with Crippen LogP contribution in [0.15, 0.2) is 60.7 Å². The molecule has 6 fully saturated rings. The Morgan fingerprint density at radius 3 is 1.35 bits per heavy atom. The second-order valence-corrected chi connectivity index (χ2v) is 19.8. The molecule has 362 valence electrons. The van der Waals surface area contributed by atoms with Gasteiger partial charge in [-0.05, 0) is 111 Å². The zero-order valence-corrected chi connectivity index (χ0v) is 44.1. The van der Waals surface area contributed by atoms with Gasteiger partial charge in [0.25, 0.3) is 0 Å². The minimum absolute atomic E-state index is 0. The molecule has 4 aliphatic carbocycles. The summed E-state index contributed by atoms with van der Waals surface area (Å²) in [5.41, 5.74) is 2.92. The number of hydrogen-bond donors (Lipinski definition) is 2. The summed E-state index contributed by atoms with van der Waals surface area (Å²) in [4.78, 5) is 25.8. The van der Waals surface area contributed by atoms with E-state index in [1.165, 1.54) is 102 Å². The Morgan fingerprint density at radius 1 is 0.646 bits per heavy atom. The zero-order chi connectivity index (χ0) is 45.6. The monoisotopic (exact) mass is 1010 g/mol. The number of ether oxygens (including phenoxy) is 4. The van der Waals surface area contributed by atoms with Gasteiger partial charge in [-0.15, -0.1) is 0 Å². The maximum atomic E-state index is 13.0. The van der Waals surface area contributed by atoms with Gasteiger partial charge in [-0.3, -0.25) is 4.79 Å². The van der Waals surface area contributed by atoms with Gasteiger partial charge in [0.15, 0.2) is 10.1 Å². The Kier molecular flexibility index (Phi) is 25.1. The summed E-state index contributed by atoms with van der Waals surface area (Å²) in [5, 5.41) is -5.05. The van der Waals surface area contributed by atoms with E-state index in [2.05, 4.69) is 93.1 Å². The molecule has 16 heteroatoms. The van der Waals surface area contributed by atoms with E-state index >= 15 is 0 Å². The first-order valence-corrected chi connectivity index (χ1v) is 25.5. The minimum atomic E-state index is -6.07. The molecule has 0 spiro atoms. The topological polar surface area (TPSA) is 137 Å². The molecule has 2 saturated heterocycles. The van der Waals surface area contributed by atoms with Crippen molar-refractivity contribution < 1.29 is 107 Å². The van der Waals surface area contributed by atoms with Crippen molar-refractivity contribution in [1.82, 2.24) is 0 Å². The molecule has 4 saturated carbocycles. The number of carbonyl (C=O) groups excluding carboxylic acids is 2. The van der Waals surface area contributed by atoms with Crippen LogP contribution in [0.2, 0.25) is 0 Å². The second kappa shape index (κ2) is 28.2. The number of halogens is 3. The molecule has 10 unspecified atom stereocenters. The van der Waals surface area contributed by atoms with E-state index in [0.29, 0.717) is 30.8 Å². The van der Waals surface area contributed by atoms with E-state index in [0.717, 1.165) is 25.4 Å². The van der Waals surface area contributed by atoms with Gasteiger partial charge in [0, 0.05) is 6.42 Å². The van der Waals surface area contributed by atoms with Crippen LogP contribution in [0.4, 0.5) is 20.2 Å². The number of unbranched alkanes of at least 4 members (excludes halogenated alkanes) is 4. The number of carbonyl (C=O) groups is 2. The molecule has 4 bridgehead atoms. The first-order valence-electron chi connectivity index (χ1n) is 24.0. The third kappa shape index (κ3) is 15.5. The molecule has 6 aliphatic rings. The van der Waals surface area contributed by atoms with Gasteiger partial charge in [0.05, 0.1) is 51.6 Å². The fourth-order valence-electron chi connectivity index (χ4n) is 10.7. The van der Waals surface area contributed by atoms with Crippen molar-refractivity contribution in [2.45, 2.75) is 148 Å². The SMILES string of the molecule is CCC(=O)OC1C2CC3COC1C3C2.CCCC[NH+](CCCC)c1ccccc1.CCCC[NH+](CCCC)c1ccccc1.O=C(OC1C2CC3COC1C3C2)C(F)(F)S(=O)(=O)[O-].[Br-].[Na+]. The number of para-hydroxylation sites is 2. The molecule has 0 amide bonds. The maximum absolute atomic E-state index is 13.0. The quantitative estimate of drug-likeness (QED) is 0.121. The minimum Gasteiger partial charge on any atom is -1.00 e. The van der Waals surface area contributed by atoms with Crippen molar-refractivity contribution in [2.75, 3.05) is 39.4 Å². The first-order chi connectivity index (χ1) is 30.3. The Bertz CT molecular complexity index is 1730. The fourth-order valence-corrected chi connectivity index (χ4v) is 10.9. The maximum Gasteiger partial charge on any atom is 1.00 e. The molecule has 0 radical (unpaired) electrons. The molecule has 2 heterocycles. The largest absolute Gasteiger partial charge is 1.00 e. The van der Waals surface area contributed by atoms with Crippen molar-refractivity contribution in [3.05, 3.63) is 60.7 Å². The standard InChI is InChI=1S/2C14H23N.C11H16O3.C10H12F2O6S.BrH.Na/c2*1-3-5-12-15(13-6-4-2)14-10-8-7-9-11-14;1-2-9(12)14-10-6-3-7-5-13-11(10)8(7)4-6;11-10(12,19(14,15)16)9(13)18-7-4-1-5-3-17-8(7)6(5)2-4;;/h2*7-11H,3-6,12-13H2,1-2H3;6-8,10-11H,2-5H2,1H3;4-8H,1-3H2,(H,14,15,16);1H;/q;;;;;+1. The van der Waals surface area contributed by atoms with Crippen LogP contribution in [0.25, 0.3) is 0 Å². The normalized spacial score (nSPS) is 27.4. The van der Waals surface area contributed by atoms with Gasteiger partial charge >= 0.3 is 46.8 Å².